The number of aliphatic hydroxyl groups excluding tert-OH is 1. The van der Waals surface area contributed by atoms with E-state index in [2.05, 4.69) is 5.32 Å². The fourth-order valence-electron chi connectivity index (χ4n) is 1.41. The van der Waals surface area contributed by atoms with Crippen LogP contribution in [0.25, 0.3) is 0 Å². The number of carbonyl (C=O) groups is 1. The number of carbonyl (C=O) groups excluding carboxylic acids is 1. The van der Waals surface area contributed by atoms with Crippen molar-refractivity contribution in [3.63, 3.8) is 0 Å². The van der Waals surface area contributed by atoms with Crippen LogP contribution in [0.1, 0.15) is 6.42 Å². The van der Waals surface area contributed by atoms with Crippen LogP contribution in [0.15, 0.2) is 0 Å². The Labute approximate surface area is 65.2 Å². The van der Waals surface area contributed by atoms with Crippen molar-refractivity contribution < 1.29 is 9.90 Å². The number of nitrogens with zero attached hydrogens (tertiary/aromatic N) is 1. The summed E-state index contributed by atoms with van der Waals surface area (Å²) in [5.74, 6) is 0.0648. The first-order valence-electron chi connectivity index (χ1n) is 3.99. The van der Waals surface area contributed by atoms with E-state index in [4.69, 9.17) is 0 Å². The van der Waals surface area contributed by atoms with Gasteiger partial charge in [-0.25, -0.2) is 0 Å². The van der Waals surface area contributed by atoms with E-state index >= 15 is 0 Å². The van der Waals surface area contributed by atoms with Crippen molar-refractivity contribution in [3.8, 4) is 0 Å². The Morgan fingerprint density at radius 1 is 1.55 bits per heavy atom. The Balaban J connectivity index is 1.96. The first-order chi connectivity index (χ1) is 5.29. The number of aliphatic hydroxyl groups is 1. The molecule has 0 aromatic heterocycles. The van der Waals surface area contributed by atoms with E-state index in [1.54, 1.807) is 4.90 Å². The zero-order chi connectivity index (χ0) is 7.84. The van der Waals surface area contributed by atoms with E-state index in [1.165, 1.54) is 0 Å². The van der Waals surface area contributed by atoms with E-state index in [9.17, 15) is 9.90 Å². The van der Waals surface area contributed by atoms with Crippen molar-refractivity contribution in [1.82, 2.24) is 10.2 Å². The Kier molecular flexibility index (Phi) is 1.58. The van der Waals surface area contributed by atoms with Crippen LogP contribution in [-0.4, -0.2) is 47.7 Å². The van der Waals surface area contributed by atoms with Gasteiger partial charge in [-0.1, -0.05) is 0 Å². The lowest BCUT2D eigenvalue weighted by Crippen LogP contribution is -2.42. The molecule has 0 bridgehead atoms. The van der Waals surface area contributed by atoms with Gasteiger partial charge in [0.05, 0.1) is 6.10 Å². The molecule has 0 aromatic carbocycles. The molecule has 1 unspecified atom stereocenters. The molecule has 4 nitrogen and oxygen atoms in total. The van der Waals surface area contributed by atoms with Gasteiger partial charge in [-0.05, 0) is 13.0 Å². The molecular weight excluding hydrogens is 144 g/mol. The van der Waals surface area contributed by atoms with Gasteiger partial charge in [-0.15, -0.1) is 0 Å². The highest BCUT2D eigenvalue weighted by molar-refractivity contribution is 5.84. The molecule has 4 heteroatoms. The number of hydrogen-bond donors (Lipinski definition) is 2. The van der Waals surface area contributed by atoms with Crippen molar-refractivity contribution in [3.05, 3.63) is 0 Å². The highest BCUT2D eigenvalue weighted by Gasteiger charge is 2.37. The fraction of sp³-hybridized carbons (Fsp3) is 0.857. The highest BCUT2D eigenvalue weighted by atomic mass is 16.3. The number of amides is 1. The van der Waals surface area contributed by atoms with Crippen LogP contribution in [0.2, 0.25) is 0 Å². The van der Waals surface area contributed by atoms with E-state index in [1.807, 2.05) is 0 Å². The van der Waals surface area contributed by atoms with Gasteiger partial charge in [-0.2, -0.15) is 0 Å². The van der Waals surface area contributed by atoms with Crippen molar-refractivity contribution in [2.75, 3.05) is 19.6 Å². The molecule has 2 aliphatic heterocycles. The lowest BCUT2D eigenvalue weighted by Gasteiger charge is -2.13. The summed E-state index contributed by atoms with van der Waals surface area (Å²) in [5.41, 5.74) is 0. The van der Waals surface area contributed by atoms with Crippen LogP contribution in [0, 0.1) is 0 Å². The molecule has 2 atom stereocenters. The molecule has 0 radical (unpaired) electrons. The van der Waals surface area contributed by atoms with Gasteiger partial charge in [0.1, 0.15) is 6.04 Å². The average molecular weight is 156 g/mol. The minimum atomic E-state index is -0.469. The topological polar surface area (TPSA) is 52.3 Å². The van der Waals surface area contributed by atoms with Gasteiger partial charge in [0.25, 0.3) is 0 Å². The van der Waals surface area contributed by atoms with Gasteiger partial charge in [0, 0.05) is 13.1 Å². The minimum Gasteiger partial charge on any atom is -0.391 e. The molecule has 2 N–H and O–H groups in total. The number of rotatable bonds is 1. The molecule has 2 aliphatic rings. The standard InChI is InChI=1S/C7H12N2O2/c10-5-1-2-8-6(5)7(11)9-3-4-9/h5-6,8,10H,1-4H2/t5?,6-/m0/s1. The Morgan fingerprint density at radius 2 is 2.27 bits per heavy atom. The van der Waals surface area contributed by atoms with Crippen molar-refractivity contribution in [2.45, 2.75) is 18.6 Å². The van der Waals surface area contributed by atoms with Crippen LogP contribution in [0.4, 0.5) is 0 Å². The monoisotopic (exact) mass is 156 g/mol. The molecule has 2 fully saturated rings. The van der Waals surface area contributed by atoms with Gasteiger partial charge < -0.3 is 15.3 Å². The molecule has 2 saturated heterocycles. The minimum absolute atomic E-state index is 0.0648. The lowest BCUT2D eigenvalue weighted by molar-refractivity contribution is -0.129. The molecule has 2 heterocycles. The van der Waals surface area contributed by atoms with Crippen LogP contribution in [0.5, 0.6) is 0 Å². The second-order valence-corrected chi connectivity index (χ2v) is 3.11. The maximum Gasteiger partial charge on any atom is 0.242 e. The maximum atomic E-state index is 11.3. The summed E-state index contributed by atoms with van der Waals surface area (Å²) in [5, 5.41) is 12.3. The number of nitrogens with one attached hydrogen (secondary N) is 1. The van der Waals surface area contributed by atoms with Gasteiger partial charge in [-0.3, -0.25) is 4.79 Å². The summed E-state index contributed by atoms with van der Waals surface area (Å²) >= 11 is 0. The molecule has 1 amide bonds. The quantitative estimate of drug-likeness (QED) is 0.457. The fourth-order valence-corrected chi connectivity index (χ4v) is 1.41. The van der Waals surface area contributed by atoms with Crippen LogP contribution >= 0.6 is 0 Å². The number of hydrogen-bond acceptors (Lipinski definition) is 3. The molecule has 0 aliphatic carbocycles. The SMILES string of the molecule is O=C([C@H]1NCCC1O)N1CC1. The second-order valence-electron chi connectivity index (χ2n) is 3.11. The third-order valence-corrected chi connectivity index (χ3v) is 2.21. The molecule has 11 heavy (non-hydrogen) atoms. The average Bonchev–Trinajstić information content (AvgIpc) is 2.74. The first-order valence-corrected chi connectivity index (χ1v) is 3.99. The lowest BCUT2D eigenvalue weighted by atomic mass is 10.1. The highest BCUT2D eigenvalue weighted by Crippen LogP contribution is 2.13. The molecule has 0 saturated carbocycles. The third kappa shape index (κ3) is 1.23. The zero-order valence-corrected chi connectivity index (χ0v) is 6.29. The van der Waals surface area contributed by atoms with E-state index in [-0.39, 0.29) is 11.9 Å². The first kappa shape index (κ1) is 7.06. The molecule has 62 valence electrons. The van der Waals surface area contributed by atoms with E-state index in [0.29, 0.717) is 6.42 Å². The van der Waals surface area contributed by atoms with Crippen LogP contribution in [-0.2, 0) is 4.79 Å². The summed E-state index contributed by atoms with van der Waals surface area (Å²) in [6.45, 7) is 2.48. The normalized spacial score (nSPS) is 35.9. The molecular formula is C7H12N2O2. The summed E-state index contributed by atoms with van der Waals surface area (Å²) < 4.78 is 0. The molecule has 0 aromatic rings. The largest absolute Gasteiger partial charge is 0.391 e. The van der Waals surface area contributed by atoms with Gasteiger partial charge in [0.15, 0.2) is 0 Å². The zero-order valence-electron chi connectivity index (χ0n) is 6.29. The summed E-state index contributed by atoms with van der Waals surface area (Å²) in [7, 11) is 0. The smallest absolute Gasteiger partial charge is 0.242 e. The summed E-state index contributed by atoms with van der Waals surface area (Å²) in [6.07, 6.45) is 0.229. The Morgan fingerprint density at radius 3 is 2.73 bits per heavy atom. The maximum absolute atomic E-state index is 11.3. The third-order valence-electron chi connectivity index (χ3n) is 2.21. The van der Waals surface area contributed by atoms with Gasteiger partial charge in [0.2, 0.25) is 5.91 Å². The van der Waals surface area contributed by atoms with Crippen molar-refractivity contribution in [2.24, 2.45) is 0 Å². The second kappa shape index (κ2) is 2.46. The Bertz CT molecular complexity index is 179. The van der Waals surface area contributed by atoms with Crippen molar-refractivity contribution >= 4 is 5.91 Å². The van der Waals surface area contributed by atoms with E-state index in [0.717, 1.165) is 19.6 Å². The van der Waals surface area contributed by atoms with Crippen molar-refractivity contribution in [1.29, 1.82) is 0 Å². The molecule has 2 rings (SSSR count). The Hall–Kier alpha value is -0.610. The van der Waals surface area contributed by atoms with Crippen LogP contribution in [0.3, 0.4) is 0 Å². The predicted octanol–water partition coefficient (Wildman–Crippen LogP) is -1.45. The molecule has 0 spiro atoms. The van der Waals surface area contributed by atoms with Crippen LogP contribution < -0.4 is 5.32 Å². The summed E-state index contributed by atoms with van der Waals surface area (Å²) in [6, 6.07) is -0.322. The van der Waals surface area contributed by atoms with E-state index < -0.39 is 6.10 Å². The van der Waals surface area contributed by atoms with Gasteiger partial charge >= 0.3 is 0 Å². The summed E-state index contributed by atoms with van der Waals surface area (Å²) in [4.78, 5) is 13.1. The predicted molar refractivity (Wildman–Crippen MR) is 39.0 cm³/mol.